The van der Waals surface area contributed by atoms with Crippen LogP contribution in [0.3, 0.4) is 0 Å². The molecule has 2 aromatic rings. The van der Waals surface area contributed by atoms with Crippen molar-refractivity contribution in [2.75, 3.05) is 0 Å². The molecule has 7 heterocycles. The number of rotatable bonds is 0. The third-order valence-corrected chi connectivity index (χ3v) is 5.93. The Morgan fingerprint density at radius 1 is 0.808 bits per heavy atom. The maximum Gasteiger partial charge on any atom is 0.302 e. The molecule has 0 atom stereocenters. The quantitative estimate of drug-likeness (QED) is 0.690. The van der Waals surface area contributed by atoms with Crippen LogP contribution < -0.4 is 11.0 Å². The first-order valence-corrected chi connectivity index (χ1v) is 9.04. The molecule has 0 saturated carbocycles. The molecule has 26 heavy (non-hydrogen) atoms. The van der Waals surface area contributed by atoms with Crippen LogP contribution in [0.4, 0.5) is 11.6 Å². The van der Waals surface area contributed by atoms with Gasteiger partial charge in [0.2, 0.25) is 46.0 Å². The molecule has 8 nitrogen and oxygen atoms in total. The minimum Gasteiger partial charge on any atom is -0.297 e. The van der Waals surface area contributed by atoms with Crippen LogP contribution in [0.5, 0.6) is 0 Å². The third kappa shape index (κ3) is 1.32. The van der Waals surface area contributed by atoms with Crippen molar-refractivity contribution >= 4 is 35.0 Å². The zero-order valence-corrected chi connectivity index (χ0v) is 14.3. The number of nitrogens with zero attached hydrogens (tertiary/aromatic N) is 7. The van der Waals surface area contributed by atoms with Crippen LogP contribution in [-0.2, 0) is 5.79 Å². The molecule has 0 aromatic carbocycles. The Bertz CT molecular complexity index is 1200. The van der Waals surface area contributed by atoms with Crippen LogP contribution in [0.15, 0.2) is 44.2 Å². The van der Waals surface area contributed by atoms with E-state index < -0.39 is 5.79 Å². The number of nitrogens with one attached hydrogen (secondary N) is 1. The topological polar surface area (TPSA) is 76.2 Å². The standard InChI is InChI=1S/C18H15N8/c1-18-24-12-4-6-14(24)22-16-8-9-17(26(16)18)23-15-7-5-13(25(15)18)21-11-3-2-10(19-11)20-12/h2-3,8-9H,4-7H2,1H3/q+1/p+1. The van der Waals surface area contributed by atoms with Gasteiger partial charge in [0, 0.05) is 56.9 Å². The summed E-state index contributed by atoms with van der Waals surface area (Å²) in [6, 6.07) is 8.12. The second kappa shape index (κ2) is 3.98. The Labute approximate surface area is 148 Å². The molecule has 1 N–H and O–H groups in total. The lowest BCUT2D eigenvalue weighted by Crippen LogP contribution is -2.58. The molecule has 0 fully saturated rings. The molecule has 0 radical (unpaired) electrons. The minimum absolute atomic E-state index is 0.481. The van der Waals surface area contributed by atoms with Gasteiger partial charge in [0.15, 0.2) is 0 Å². The Kier molecular flexibility index (Phi) is 2.00. The van der Waals surface area contributed by atoms with Crippen LogP contribution in [0.1, 0.15) is 32.6 Å². The van der Waals surface area contributed by atoms with Crippen LogP contribution in [0, 0.1) is 0 Å². The molecule has 8 heteroatoms. The summed E-state index contributed by atoms with van der Waals surface area (Å²) in [5.74, 6) is 5.66. The second-order valence-corrected chi connectivity index (χ2v) is 7.37. The van der Waals surface area contributed by atoms with Gasteiger partial charge in [0.1, 0.15) is 0 Å². The van der Waals surface area contributed by atoms with Gasteiger partial charge in [-0.1, -0.05) is 20.0 Å². The van der Waals surface area contributed by atoms with Gasteiger partial charge in [0.05, 0.1) is 0 Å². The largest absolute Gasteiger partial charge is 0.302 e. The number of H-pyrrole nitrogens is 1. The summed E-state index contributed by atoms with van der Waals surface area (Å²) >= 11 is 0. The molecule has 0 saturated heterocycles. The summed E-state index contributed by atoms with van der Waals surface area (Å²) < 4.78 is 6.82. The summed E-state index contributed by atoms with van der Waals surface area (Å²) in [6.07, 6.45) is 3.57. The summed E-state index contributed by atoms with van der Waals surface area (Å²) in [4.78, 5) is 23.0. The maximum absolute atomic E-state index is 4.92. The first-order chi connectivity index (χ1) is 12.7. The van der Waals surface area contributed by atoms with Gasteiger partial charge in [-0.25, -0.2) is 4.57 Å². The first-order valence-electron chi connectivity index (χ1n) is 9.04. The highest BCUT2D eigenvalue weighted by atomic mass is 15.6. The predicted molar refractivity (Wildman–Crippen MR) is 94.4 cm³/mol. The summed E-state index contributed by atoms with van der Waals surface area (Å²) in [6.45, 7) is 2.24. The van der Waals surface area contributed by atoms with Crippen molar-refractivity contribution in [1.82, 2.24) is 9.55 Å². The van der Waals surface area contributed by atoms with E-state index in [1.165, 1.54) is 0 Å². The molecule has 126 valence electrons. The first kappa shape index (κ1) is 13.1. The summed E-state index contributed by atoms with van der Waals surface area (Å²) in [7, 11) is 0. The SMILES string of the molecule is CC12n3c4ccc3N=C3CCC(=[N+]31)N=c1ccc([nH]1)=NC1=[N+]2C(=N4)CC1. The molecule has 5 aliphatic heterocycles. The van der Waals surface area contributed by atoms with E-state index in [4.69, 9.17) is 20.0 Å². The lowest BCUT2D eigenvalue weighted by molar-refractivity contribution is -0.773. The number of aliphatic imine (C=N–C) groups is 2. The normalized spacial score (nSPS) is 27.0. The van der Waals surface area contributed by atoms with Crippen molar-refractivity contribution in [3.05, 3.63) is 35.2 Å². The Balaban J connectivity index is 1.75. The van der Waals surface area contributed by atoms with Crippen molar-refractivity contribution in [2.45, 2.75) is 38.4 Å². The van der Waals surface area contributed by atoms with Gasteiger partial charge in [-0.15, -0.1) is 0 Å². The van der Waals surface area contributed by atoms with E-state index in [0.717, 1.165) is 71.6 Å². The second-order valence-electron chi connectivity index (χ2n) is 7.37. The summed E-state index contributed by atoms with van der Waals surface area (Å²) in [5.41, 5.74) is 1.69. The molecule has 7 rings (SSSR count). The molecule has 5 aliphatic rings. The van der Waals surface area contributed by atoms with E-state index in [-0.39, 0.29) is 0 Å². The highest BCUT2D eigenvalue weighted by Gasteiger charge is 2.58. The average Bonchev–Trinajstić information content (AvgIpc) is 3.38. The molecular formula is C18H16N8+2. The Morgan fingerprint density at radius 2 is 1.35 bits per heavy atom. The Hall–Kier alpha value is -3.16. The van der Waals surface area contributed by atoms with Gasteiger partial charge >= 0.3 is 5.79 Å². The van der Waals surface area contributed by atoms with E-state index in [1.54, 1.807) is 0 Å². The van der Waals surface area contributed by atoms with E-state index in [0.29, 0.717) is 0 Å². The van der Waals surface area contributed by atoms with Crippen LogP contribution in [-0.4, -0.2) is 42.0 Å². The van der Waals surface area contributed by atoms with Crippen molar-refractivity contribution in [3.8, 4) is 0 Å². The average molecular weight is 344 g/mol. The van der Waals surface area contributed by atoms with E-state index in [1.807, 2.05) is 12.1 Å². The molecule has 0 aliphatic carbocycles. The van der Waals surface area contributed by atoms with Gasteiger partial charge in [-0.05, 0) is 0 Å². The minimum atomic E-state index is -0.481. The van der Waals surface area contributed by atoms with Crippen molar-refractivity contribution in [3.63, 3.8) is 0 Å². The number of amidine groups is 4. The van der Waals surface area contributed by atoms with Crippen molar-refractivity contribution in [2.24, 2.45) is 20.0 Å². The van der Waals surface area contributed by atoms with Gasteiger partial charge in [0.25, 0.3) is 0 Å². The zero-order chi connectivity index (χ0) is 17.0. The van der Waals surface area contributed by atoms with Crippen LogP contribution >= 0.6 is 0 Å². The smallest absolute Gasteiger partial charge is 0.297 e. The number of hydrogen-bond acceptors (Lipinski definition) is 4. The lowest BCUT2D eigenvalue weighted by Gasteiger charge is -2.36. The molecule has 2 aromatic heterocycles. The van der Waals surface area contributed by atoms with E-state index in [9.17, 15) is 0 Å². The zero-order valence-electron chi connectivity index (χ0n) is 14.3. The molecular weight excluding hydrogens is 328 g/mol. The van der Waals surface area contributed by atoms with Gasteiger partial charge in [-0.3, -0.25) is 4.98 Å². The number of hydrogen-bond donors (Lipinski definition) is 1. The maximum atomic E-state index is 4.92. The van der Waals surface area contributed by atoms with Crippen LogP contribution in [0.2, 0.25) is 0 Å². The monoisotopic (exact) mass is 344 g/mol. The fourth-order valence-corrected chi connectivity index (χ4v) is 4.96. The third-order valence-electron chi connectivity index (χ3n) is 5.93. The number of aromatic amines is 1. The highest BCUT2D eigenvalue weighted by Crippen LogP contribution is 2.44. The van der Waals surface area contributed by atoms with E-state index >= 15 is 0 Å². The molecule has 0 spiro atoms. The number of aromatic nitrogens is 2. The fourth-order valence-electron chi connectivity index (χ4n) is 4.96. The predicted octanol–water partition coefficient (Wildman–Crippen LogP) is 0.896. The fraction of sp³-hybridized carbons (Fsp3) is 0.333. The molecule has 0 amide bonds. The highest BCUT2D eigenvalue weighted by molar-refractivity contribution is 5.98. The number of fused-ring (bicyclic) bond motifs is 2. The van der Waals surface area contributed by atoms with Crippen molar-refractivity contribution < 1.29 is 9.15 Å². The molecule has 0 unspecified atom stereocenters. The molecule has 2 bridgehead atoms. The van der Waals surface area contributed by atoms with Crippen molar-refractivity contribution in [1.29, 1.82) is 0 Å². The van der Waals surface area contributed by atoms with Gasteiger partial charge in [-0.2, -0.15) is 9.15 Å². The van der Waals surface area contributed by atoms with Crippen LogP contribution in [0.25, 0.3) is 0 Å². The lowest BCUT2D eigenvalue weighted by atomic mass is 10.2. The van der Waals surface area contributed by atoms with E-state index in [2.05, 4.69) is 37.8 Å². The summed E-state index contributed by atoms with van der Waals surface area (Å²) in [5, 5.41) is 0. The van der Waals surface area contributed by atoms with Gasteiger partial charge < -0.3 is 0 Å². The Morgan fingerprint density at radius 3 is 1.88 bits per heavy atom.